The van der Waals surface area contributed by atoms with E-state index in [0.29, 0.717) is 37.5 Å². The maximum atomic E-state index is 12.4. The van der Waals surface area contributed by atoms with Crippen LogP contribution >= 0.6 is 0 Å². The van der Waals surface area contributed by atoms with Crippen molar-refractivity contribution in [2.24, 2.45) is 0 Å². The number of carbonyl (C=O) groups excluding carboxylic acids is 1. The van der Waals surface area contributed by atoms with Crippen molar-refractivity contribution in [1.82, 2.24) is 24.9 Å². The highest BCUT2D eigenvalue weighted by Gasteiger charge is 2.34. The number of halogens is 3. The molecule has 3 heterocycles. The lowest BCUT2D eigenvalue weighted by atomic mass is 10.3. The van der Waals surface area contributed by atoms with Gasteiger partial charge >= 0.3 is 6.18 Å². The molecule has 1 aliphatic rings. The zero-order chi connectivity index (χ0) is 18.0. The Kier molecular flexibility index (Phi) is 4.80. The lowest BCUT2D eigenvalue weighted by molar-refractivity contribution is -0.161. The van der Waals surface area contributed by atoms with Crippen molar-refractivity contribution >= 4 is 22.8 Å². The van der Waals surface area contributed by atoms with Crippen molar-refractivity contribution in [2.75, 3.05) is 38.2 Å². The third kappa shape index (κ3) is 4.01. The smallest absolute Gasteiger partial charge is 0.346 e. The number of aromatic amines is 1. The van der Waals surface area contributed by atoms with Gasteiger partial charge in [-0.05, 0) is 12.5 Å². The van der Waals surface area contributed by atoms with Gasteiger partial charge in [-0.15, -0.1) is 0 Å². The highest BCUT2D eigenvalue weighted by atomic mass is 19.4. The molecule has 0 aromatic carbocycles. The highest BCUT2D eigenvalue weighted by molar-refractivity contribution is 5.86. The number of alkyl halides is 3. The number of nitrogens with one attached hydrogen (secondary N) is 1. The first-order valence-corrected chi connectivity index (χ1v) is 7.96. The molecule has 1 amide bonds. The van der Waals surface area contributed by atoms with Gasteiger partial charge in [-0.1, -0.05) is 0 Å². The van der Waals surface area contributed by atoms with E-state index < -0.39 is 18.5 Å². The van der Waals surface area contributed by atoms with Gasteiger partial charge in [0.15, 0.2) is 5.82 Å². The summed E-state index contributed by atoms with van der Waals surface area (Å²) in [5.74, 6) is -0.159. The molecular weight excluding hydrogens is 337 g/mol. The minimum atomic E-state index is -4.47. The van der Waals surface area contributed by atoms with Crippen molar-refractivity contribution in [1.29, 1.82) is 0 Å². The van der Waals surface area contributed by atoms with E-state index in [4.69, 9.17) is 0 Å². The first-order valence-electron chi connectivity index (χ1n) is 7.96. The molecule has 0 aliphatic carbocycles. The van der Waals surface area contributed by atoms with E-state index in [1.54, 1.807) is 6.20 Å². The molecular formula is C15H19F3N6O. The van der Waals surface area contributed by atoms with E-state index in [-0.39, 0.29) is 6.54 Å². The van der Waals surface area contributed by atoms with Gasteiger partial charge in [-0.2, -0.15) is 13.2 Å². The Hall–Kier alpha value is -2.36. The van der Waals surface area contributed by atoms with Crippen LogP contribution in [0.25, 0.3) is 11.0 Å². The zero-order valence-electron chi connectivity index (χ0n) is 13.8. The predicted octanol–water partition coefficient (Wildman–Crippen LogP) is 1.80. The van der Waals surface area contributed by atoms with Gasteiger partial charge < -0.3 is 9.88 Å². The van der Waals surface area contributed by atoms with Crippen LogP contribution in [0.15, 0.2) is 18.6 Å². The molecule has 10 heteroatoms. The Labute approximate surface area is 142 Å². The molecule has 1 saturated heterocycles. The normalized spacial score (nSPS) is 16.9. The molecule has 25 heavy (non-hydrogen) atoms. The maximum Gasteiger partial charge on any atom is 0.397 e. The lowest BCUT2D eigenvalue weighted by Crippen LogP contribution is -2.43. The Balaban J connectivity index is 1.68. The van der Waals surface area contributed by atoms with Crippen molar-refractivity contribution in [3.8, 4) is 0 Å². The summed E-state index contributed by atoms with van der Waals surface area (Å²) < 4.78 is 37.3. The summed E-state index contributed by atoms with van der Waals surface area (Å²) in [5.41, 5.74) is 0.716. The second-order valence-electron chi connectivity index (χ2n) is 5.94. The third-order valence-electron chi connectivity index (χ3n) is 4.24. The van der Waals surface area contributed by atoms with Crippen molar-refractivity contribution < 1.29 is 18.0 Å². The van der Waals surface area contributed by atoms with E-state index in [1.165, 1.54) is 11.2 Å². The third-order valence-corrected chi connectivity index (χ3v) is 4.24. The molecule has 1 fully saturated rings. The highest BCUT2D eigenvalue weighted by Crippen LogP contribution is 2.24. The largest absolute Gasteiger partial charge is 0.397 e. The van der Waals surface area contributed by atoms with Crippen molar-refractivity contribution in [2.45, 2.75) is 19.0 Å². The summed E-state index contributed by atoms with van der Waals surface area (Å²) in [6, 6.07) is 1.87. The van der Waals surface area contributed by atoms with E-state index >= 15 is 0 Å². The number of hydrazine groups is 1. The number of nitrogens with zero attached hydrogens (tertiary/aromatic N) is 5. The van der Waals surface area contributed by atoms with E-state index in [9.17, 15) is 18.0 Å². The molecule has 0 radical (unpaired) electrons. The number of hydrogen-bond donors (Lipinski definition) is 1. The van der Waals surface area contributed by atoms with Gasteiger partial charge in [0.2, 0.25) is 5.91 Å². The Morgan fingerprint density at radius 1 is 1.28 bits per heavy atom. The molecule has 136 valence electrons. The Morgan fingerprint density at radius 2 is 2.08 bits per heavy atom. The van der Waals surface area contributed by atoms with Crippen LogP contribution in [0.5, 0.6) is 0 Å². The van der Waals surface area contributed by atoms with Gasteiger partial charge in [0.1, 0.15) is 18.4 Å². The number of H-pyrrole nitrogens is 1. The number of rotatable bonds is 3. The lowest BCUT2D eigenvalue weighted by Gasteiger charge is -2.32. The van der Waals surface area contributed by atoms with Crippen LogP contribution in [0.1, 0.15) is 12.8 Å². The summed E-state index contributed by atoms with van der Waals surface area (Å²) in [6.45, 7) is 1.64. The minimum absolute atomic E-state index is 0.251. The first kappa shape index (κ1) is 17.5. The van der Waals surface area contributed by atoms with Gasteiger partial charge in [-0.3, -0.25) is 9.80 Å². The summed E-state index contributed by atoms with van der Waals surface area (Å²) in [4.78, 5) is 24.6. The molecule has 0 saturated carbocycles. The van der Waals surface area contributed by atoms with Crippen LogP contribution in [0, 0.1) is 0 Å². The second kappa shape index (κ2) is 6.87. The maximum absolute atomic E-state index is 12.4. The van der Waals surface area contributed by atoms with Crippen LogP contribution in [-0.4, -0.2) is 70.2 Å². The Bertz CT molecular complexity index is 746. The van der Waals surface area contributed by atoms with Gasteiger partial charge in [0, 0.05) is 39.4 Å². The van der Waals surface area contributed by atoms with E-state index in [0.717, 1.165) is 5.39 Å². The number of hydrogen-bond acceptors (Lipinski definition) is 5. The molecule has 0 atom stereocenters. The molecule has 7 nitrogen and oxygen atoms in total. The standard InChI is InChI=1S/C15H19F3N6O/c1-22(14-11-3-4-19-13(11)20-10-21-14)24-6-2-5-23(7-8-24)12(25)9-15(16,17)18/h3-4,10H,2,5-9H2,1H3,(H,19,20,21). The fraction of sp³-hybridized carbons (Fsp3) is 0.533. The number of aromatic nitrogens is 3. The Morgan fingerprint density at radius 3 is 2.84 bits per heavy atom. The topological polar surface area (TPSA) is 68.4 Å². The molecule has 1 aliphatic heterocycles. The monoisotopic (exact) mass is 356 g/mol. The number of amides is 1. The van der Waals surface area contributed by atoms with Crippen molar-refractivity contribution in [3.63, 3.8) is 0 Å². The van der Waals surface area contributed by atoms with Gasteiger partial charge in [0.05, 0.1) is 5.39 Å². The second-order valence-corrected chi connectivity index (χ2v) is 5.94. The SMILES string of the molecule is CN(c1ncnc2[nH]ccc12)N1CCCN(C(=O)CC(F)(F)F)CC1. The molecule has 1 N–H and O–H groups in total. The molecule has 2 aromatic rings. The quantitative estimate of drug-likeness (QED) is 0.908. The average Bonchev–Trinajstić information content (AvgIpc) is 2.88. The number of anilines is 1. The number of carbonyl (C=O) groups is 1. The fourth-order valence-corrected chi connectivity index (χ4v) is 2.99. The summed E-state index contributed by atoms with van der Waals surface area (Å²) >= 11 is 0. The average molecular weight is 356 g/mol. The van der Waals surface area contributed by atoms with E-state index in [2.05, 4.69) is 15.0 Å². The van der Waals surface area contributed by atoms with Crippen LogP contribution in [0.3, 0.4) is 0 Å². The first-order chi connectivity index (χ1) is 11.8. The molecule has 3 rings (SSSR count). The van der Waals surface area contributed by atoms with Crippen LogP contribution < -0.4 is 5.01 Å². The molecule has 0 spiro atoms. The molecule has 0 bridgehead atoms. The number of fused-ring (bicyclic) bond motifs is 1. The van der Waals surface area contributed by atoms with Crippen molar-refractivity contribution in [3.05, 3.63) is 18.6 Å². The summed E-state index contributed by atoms with van der Waals surface area (Å²) in [6.07, 6.45) is -2.05. The molecule has 0 unspecified atom stereocenters. The van der Waals surface area contributed by atoms with Gasteiger partial charge in [0.25, 0.3) is 0 Å². The molecule has 2 aromatic heterocycles. The van der Waals surface area contributed by atoms with Crippen LogP contribution in [0.2, 0.25) is 0 Å². The minimum Gasteiger partial charge on any atom is -0.346 e. The predicted molar refractivity (Wildman–Crippen MR) is 85.7 cm³/mol. The van der Waals surface area contributed by atoms with Crippen LogP contribution in [0.4, 0.5) is 19.0 Å². The summed E-state index contributed by atoms with van der Waals surface area (Å²) in [7, 11) is 1.85. The zero-order valence-corrected chi connectivity index (χ0v) is 13.8. The van der Waals surface area contributed by atoms with Crippen LogP contribution in [-0.2, 0) is 4.79 Å². The fourth-order valence-electron chi connectivity index (χ4n) is 2.99. The summed E-state index contributed by atoms with van der Waals surface area (Å²) in [5, 5.41) is 4.71. The van der Waals surface area contributed by atoms with Gasteiger partial charge in [-0.25, -0.2) is 15.0 Å². The van der Waals surface area contributed by atoms with E-state index in [1.807, 2.05) is 23.1 Å².